The van der Waals surface area contributed by atoms with Crippen molar-refractivity contribution < 1.29 is 23.1 Å². The second-order valence-corrected chi connectivity index (χ2v) is 5.80. The van der Waals surface area contributed by atoms with E-state index in [-0.39, 0.29) is 23.6 Å². The van der Waals surface area contributed by atoms with Gasteiger partial charge < -0.3 is 15.4 Å². The van der Waals surface area contributed by atoms with Gasteiger partial charge in [0.2, 0.25) is 11.8 Å². The molecule has 1 aromatic carbocycles. The fraction of sp³-hybridized carbons (Fsp3) is 0.412. The normalized spacial score (nSPS) is 21.2. The summed E-state index contributed by atoms with van der Waals surface area (Å²) >= 11 is 0. The van der Waals surface area contributed by atoms with Crippen molar-refractivity contribution in [3.8, 4) is 5.75 Å². The van der Waals surface area contributed by atoms with Crippen LogP contribution in [0.4, 0.5) is 8.78 Å². The third-order valence-electron chi connectivity index (χ3n) is 4.09. The molecule has 0 spiro atoms. The second kappa shape index (κ2) is 7.90. The maximum Gasteiger partial charge on any atom is 0.387 e. The molecule has 0 aliphatic carbocycles. The highest BCUT2D eigenvalue weighted by Crippen LogP contribution is 2.22. The van der Waals surface area contributed by atoms with Crippen LogP contribution in [0.2, 0.25) is 0 Å². The molecule has 1 aliphatic heterocycles. The van der Waals surface area contributed by atoms with E-state index < -0.39 is 12.5 Å². The van der Waals surface area contributed by atoms with Crippen molar-refractivity contribution in [2.24, 2.45) is 11.7 Å². The number of ether oxygens (including phenoxy) is 1. The zero-order valence-corrected chi connectivity index (χ0v) is 13.3. The van der Waals surface area contributed by atoms with Crippen molar-refractivity contribution in [3.63, 3.8) is 0 Å². The van der Waals surface area contributed by atoms with Gasteiger partial charge in [-0.15, -0.1) is 0 Å². The summed E-state index contributed by atoms with van der Waals surface area (Å²) in [5, 5.41) is 0. The molecule has 2 N–H and O–H groups in total. The molecule has 0 aromatic heterocycles. The number of hydrogen-bond donors (Lipinski definition) is 1. The zero-order valence-electron chi connectivity index (χ0n) is 13.3. The molecule has 2 amide bonds. The van der Waals surface area contributed by atoms with Crippen molar-refractivity contribution in [1.29, 1.82) is 0 Å². The first-order valence-electron chi connectivity index (χ1n) is 7.69. The van der Waals surface area contributed by atoms with E-state index in [1.54, 1.807) is 23.1 Å². The Kier molecular flexibility index (Phi) is 5.89. The van der Waals surface area contributed by atoms with Gasteiger partial charge in [-0.3, -0.25) is 9.59 Å². The van der Waals surface area contributed by atoms with E-state index in [2.05, 4.69) is 4.74 Å². The maximum absolute atomic E-state index is 12.3. The Bertz CT molecular complexity index is 617. The van der Waals surface area contributed by atoms with Crippen LogP contribution >= 0.6 is 0 Å². The molecule has 1 aliphatic rings. The molecule has 1 saturated heterocycles. The Morgan fingerprint density at radius 3 is 2.54 bits per heavy atom. The Morgan fingerprint density at radius 1 is 1.29 bits per heavy atom. The molecule has 7 heteroatoms. The Morgan fingerprint density at radius 2 is 1.96 bits per heavy atom. The number of nitrogens with zero attached hydrogens (tertiary/aromatic N) is 1. The minimum Gasteiger partial charge on any atom is -0.435 e. The van der Waals surface area contributed by atoms with Crippen LogP contribution in [0, 0.1) is 5.92 Å². The second-order valence-electron chi connectivity index (χ2n) is 5.80. The lowest BCUT2D eigenvalue weighted by atomic mass is 9.93. The predicted octanol–water partition coefficient (Wildman–Crippen LogP) is 2.41. The number of amides is 2. The van der Waals surface area contributed by atoms with Gasteiger partial charge in [-0.25, -0.2) is 0 Å². The number of alkyl halides is 2. The molecule has 24 heavy (non-hydrogen) atoms. The van der Waals surface area contributed by atoms with Gasteiger partial charge >= 0.3 is 6.61 Å². The standard InChI is InChI=1S/C17H20F2N2O3/c1-11-2-6-13(16(20)23)10-21(11)15(22)9-5-12-3-7-14(8-4-12)24-17(18)19/h3-5,7-9,11,13,17H,2,6,10H2,1H3,(H2,20,23)/b9-5-/t11-,13+/m1/s1. The van der Waals surface area contributed by atoms with E-state index >= 15 is 0 Å². The SMILES string of the molecule is C[C@@H]1CC[C@H](C(N)=O)CN1C(=O)/C=C\c1ccc(OC(F)F)cc1. The molecule has 2 atom stereocenters. The quantitative estimate of drug-likeness (QED) is 0.838. The fourth-order valence-corrected chi connectivity index (χ4v) is 2.67. The van der Waals surface area contributed by atoms with Crippen molar-refractivity contribution in [1.82, 2.24) is 4.90 Å². The summed E-state index contributed by atoms with van der Waals surface area (Å²) in [4.78, 5) is 25.3. The predicted molar refractivity (Wildman–Crippen MR) is 85.2 cm³/mol. The molecule has 0 bridgehead atoms. The van der Waals surface area contributed by atoms with Gasteiger partial charge in [0.15, 0.2) is 0 Å². The number of carbonyl (C=O) groups excluding carboxylic acids is 2. The Hall–Kier alpha value is -2.44. The summed E-state index contributed by atoms with van der Waals surface area (Å²) < 4.78 is 28.4. The van der Waals surface area contributed by atoms with Crippen molar-refractivity contribution >= 4 is 17.9 Å². The molecule has 1 aromatic rings. The highest BCUT2D eigenvalue weighted by atomic mass is 19.3. The van der Waals surface area contributed by atoms with Crippen molar-refractivity contribution in [2.75, 3.05) is 6.54 Å². The molecule has 2 rings (SSSR count). The van der Waals surface area contributed by atoms with Crippen molar-refractivity contribution in [2.45, 2.75) is 32.4 Å². The number of rotatable bonds is 5. The number of primary amides is 1. The van der Waals surface area contributed by atoms with Crippen LogP contribution in [0.5, 0.6) is 5.75 Å². The van der Waals surface area contributed by atoms with Crippen LogP contribution in [0.1, 0.15) is 25.3 Å². The third kappa shape index (κ3) is 4.78. The van der Waals surface area contributed by atoms with Gasteiger partial charge in [-0.1, -0.05) is 12.1 Å². The molecule has 0 radical (unpaired) electrons. The van der Waals surface area contributed by atoms with Gasteiger partial charge in [0.25, 0.3) is 0 Å². The van der Waals surface area contributed by atoms with E-state index in [0.717, 1.165) is 6.42 Å². The summed E-state index contributed by atoms with van der Waals surface area (Å²) in [7, 11) is 0. The number of halogens is 2. The molecule has 0 saturated carbocycles. The monoisotopic (exact) mass is 338 g/mol. The molecule has 0 unspecified atom stereocenters. The fourth-order valence-electron chi connectivity index (χ4n) is 2.67. The number of piperidine rings is 1. The molecular weight excluding hydrogens is 318 g/mol. The largest absolute Gasteiger partial charge is 0.435 e. The number of benzene rings is 1. The van der Waals surface area contributed by atoms with Crippen LogP contribution in [-0.4, -0.2) is 35.9 Å². The van der Waals surface area contributed by atoms with Crippen LogP contribution in [0.15, 0.2) is 30.3 Å². The average Bonchev–Trinajstić information content (AvgIpc) is 2.53. The topological polar surface area (TPSA) is 72.6 Å². The highest BCUT2D eigenvalue weighted by molar-refractivity contribution is 5.92. The number of carbonyl (C=O) groups is 2. The number of likely N-dealkylation sites (tertiary alicyclic amines) is 1. The lowest BCUT2D eigenvalue weighted by Crippen LogP contribution is -2.48. The zero-order chi connectivity index (χ0) is 17.7. The van der Waals surface area contributed by atoms with Gasteiger partial charge in [-0.05, 0) is 43.5 Å². The third-order valence-corrected chi connectivity index (χ3v) is 4.09. The Labute approximate surface area is 139 Å². The smallest absolute Gasteiger partial charge is 0.387 e. The van der Waals surface area contributed by atoms with Gasteiger partial charge in [0, 0.05) is 18.7 Å². The minimum absolute atomic E-state index is 0.0413. The van der Waals surface area contributed by atoms with Gasteiger partial charge in [0.1, 0.15) is 5.75 Å². The van der Waals surface area contributed by atoms with Crippen LogP contribution in [0.25, 0.3) is 6.08 Å². The Balaban J connectivity index is 1.99. The minimum atomic E-state index is -2.87. The van der Waals surface area contributed by atoms with Gasteiger partial charge in [-0.2, -0.15) is 8.78 Å². The van der Waals surface area contributed by atoms with Crippen LogP contribution < -0.4 is 10.5 Å². The van der Waals surface area contributed by atoms with Crippen molar-refractivity contribution in [3.05, 3.63) is 35.9 Å². The van der Waals surface area contributed by atoms with E-state index in [4.69, 9.17) is 5.73 Å². The first kappa shape index (κ1) is 17.9. The maximum atomic E-state index is 12.3. The van der Waals surface area contributed by atoms with E-state index in [0.29, 0.717) is 18.5 Å². The summed E-state index contributed by atoms with van der Waals surface area (Å²) in [6.45, 7) is -0.618. The van der Waals surface area contributed by atoms with E-state index in [1.165, 1.54) is 18.2 Å². The molecule has 1 fully saturated rings. The summed E-state index contributed by atoms with van der Waals surface area (Å²) in [5.41, 5.74) is 6.01. The van der Waals surface area contributed by atoms with E-state index in [1.807, 2.05) is 6.92 Å². The van der Waals surface area contributed by atoms with Crippen LogP contribution in [-0.2, 0) is 9.59 Å². The molecule has 130 valence electrons. The lowest BCUT2D eigenvalue weighted by molar-refractivity contribution is -0.133. The molecule has 1 heterocycles. The lowest BCUT2D eigenvalue weighted by Gasteiger charge is -2.36. The summed E-state index contributed by atoms with van der Waals surface area (Å²) in [5.74, 6) is -0.855. The number of hydrogen-bond acceptors (Lipinski definition) is 3. The average molecular weight is 338 g/mol. The molecular formula is C17H20F2N2O3. The first-order chi connectivity index (χ1) is 11.4. The van der Waals surface area contributed by atoms with Crippen LogP contribution in [0.3, 0.4) is 0 Å². The molecule has 5 nitrogen and oxygen atoms in total. The first-order valence-corrected chi connectivity index (χ1v) is 7.69. The summed E-state index contributed by atoms with van der Waals surface area (Å²) in [6.07, 6.45) is 4.42. The highest BCUT2D eigenvalue weighted by Gasteiger charge is 2.30. The van der Waals surface area contributed by atoms with E-state index in [9.17, 15) is 18.4 Å². The summed E-state index contributed by atoms with van der Waals surface area (Å²) in [6, 6.07) is 6.01. The number of nitrogens with two attached hydrogens (primary N) is 1. The van der Waals surface area contributed by atoms with Gasteiger partial charge in [0.05, 0.1) is 5.92 Å².